The molecule has 0 aliphatic carbocycles. The molecule has 0 aliphatic heterocycles. The number of fused-ring (bicyclic) bond motifs is 1. The number of hydrogen-bond acceptors (Lipinski definition) is 1. The normalized spacial score (nSPS) is 10.8. The molecule has 0 spiro atoms. The zero-order valence-electron chi connectivity index (χ0n) is 11.1. The molecule has 0 aliphatic rings. The fourth-order valence-corrected chi connectivity index (χ4v) is 2.43. The molecule has 0 N–H and O–H groups in total. The van der Waals surface area contributed by atoms with E-state index in [1.165, 1.54) is 6.07 Å². The van der Waals surface area contributed by atoms with Crippen LogP contribution >= 0.6 is 0 Å². The van der Waals surface area contributed by atoms with Gasteiger partial charge in [-0.15, -0.1) is 0 Å². The summed E-state index contributed by atoms with van der Waals surface area (Å²) in [6.45, 7) is 0. The molecule has 104 valence electrons. The molecule has 0 heterocycles. The Morgan fingerprint density at radius 3 is 2.48 bits per heavy atom. The van der Waals surface area contributed by atoms with Crippen LogP contribution in [0.1, 0.15) is 15.9 Å². The van der Waals surface area contributed by atoms with E-state index in [1.54, 1.807) is 0 Å². The highest BCUT2D eigenvalue weighted by Gasteiger charge is 2.14. The summed E-state index contributed by atoms with van der Waals surface area (Å²) < 4.78 is 26.6. The van der Waals surface area contributed by atoms with Crippen molar-refractivity contribution in [1.82, 2.24) is 0 Å². The lowest BCUT2D eigenvalue weighted by Gasteiger charge is -2.07. The van der Waals surface area contributed by atoms with Crippen molar-refractivity contribution in [3.8, 4) is 0 Å². The van der Waals surface area contributed by atoms with Crippen LogP contribution < -0.4 is 0 Å². The second kappa shape index (κ2) is 5.44. The molecule has 3 aromatic rings. The molecule has 21 heavy (non-hydrogen) atoms. The smallest absolute Gasteiger partial charge is 0.170 e. The highest BCUT2D eigenvalue weighted by Crippen LogP contribution is 2.21. The molecule has 0 atom stereocenters. The summed E-state index contributed by atoms with van der Waals surface area (Å²) in [5.41, 5.74) is 0.756. The molecule has 1 nitrogen and oxygen atoms in total. The van der Waals surface area contributed by atoms with Gasteiger partial charge in [0.2, 0.25) is 0 Å². The maximum Gasteiger partial charge on any atom is 0.170 e. The van der Waals surface area contributed by atoms with Crippen LogP contribution in [0, 0.1) is 11.6 Å². The van der Waals surface area contributed by atoms with Crippen LogP contribution in [0.5, 0.6) is 0 Å². The Bertz CT molecular complexity index is 819. The average molecular weight is 282 g/mol. The third kappa shape index (κ3) is 2.68. The monoisotopic (exact) mass is 282 g/mol. The van der Waals surface area contributed by atoms with E-state index in [2.05, 4.69) is 0 Å². The van der Waals surface area contributed by atoms with Crippen molar-refractivity contribution in [2.45, 2.75) is 6.42 Å². The van der Waals surface area contributed by atoms with E-state index in [4.69, 9.17) is 0 Å². The first-order valence-electron chi connectivity index (χ1n) is 6.60. The molecule has 3 aromatic carbocycles. The van der Waals surface area contributed by atoms with Crippen LogP contribution in [0.4, 0.5) is 8.78 Å². The molecule has 3 heteroatoms. The van der Waals surface area contributed by atoms with Gasteiger partial charge in [0.25, 0.3) is 0 Å². The zero-order valence-corrected chi connectivity index (χ0v) is 11.1. The van der Waals surface area contributed by atoms with Crippen LogP contribution in [0.25, 0.3) is 10.8 Å². The van der Waals surface area contributed by atoms with Gasteiger partial charge in [0.05, 0.1) is 5.56 Å². The van der Waals surface area contributed by atoms with Crippen molar-refractivity contribution in [2.24, 2.45) is 0 Å². The summed E-state index contributed by atoms with van der Waals surface area (Å²) in [5.74, 6) is -1.86. The fraction of sp³-hybridized carbons (Fsp3) is 0.0556. The number of Topliss-reactive ketones (excluding diaryl/α,β-unsaturated/α-hetero) is 1. The van der Waals surface area contributed by atoms with Gasteiger partial charge in [0.15, 0.2) is 5.78 Å². The third-order valence-corrected chi connectivity index (χ3v) is 3.46. The molecule has 0 unspecified atom stereocenters. The van der Waals surface area contributed by atoms with Crippen LogP contribution in [0.2, 0.25) is 0 Å². The third-order valence-electron chi connectivity index (χ3n) is 3.46. The molecule has 0 amide bonds. The second-order valence-corrected chi connectivity index (χ2v) is 4.86. The first-order valence-corrected chi connectivity index (χ1v) is 6.60. The van der Waals surface area contributed by atoms with E-state index < -0.39 is 11.6 Å². The molecule has 0 aromatic heterocycles. The topological polar surface area (TPSA) is 17.1 Å². The predicted octanol–water partition coefficient (Wildman–Crippen LogP) is 4.54. The van der Waals surface area contributed by atoms with E-state index in [0.717, 1.165) is 28.5 Å². The second-order valence-electron chi connectivity index (χ2n) is 4.86. The maximum absolute atomic E-state index is 13.7. The van der Waals surface area contributed by atoms with Crippen molar-refractivity contribution < 1.29 is 13.6 Å². The van der Waals surface area contributed by atoms with Gasteiger partial charge in [-0.3, -0.25) is 4.79 Å². The number of benzene rings is 3. The standard InChI is InChI=1S/C18H12F2O/c19-14-8-9-16(17(20)11-14)18(21)10-13-6-3-5-12-4-1-2-7-15(12)13/h1-9,11H,10H2. The molecule has 0 saturated carbocycles. The highest BCUT2D eigenvalue weighted by atomic mass is 19.1. The number of ketones is 1. The van der Waals surface area contributed by atoms with Crippen molar-refractivity contribution in [1.29, 1.82) is 0 Å². The summed E-state index contributed by atoms with van der Waals surface area (Å²) >= 11 is 0. The lowest BCUT2D eigenvalue weighted by atomic mass is 9.97. The minimum atomic E-state index is -0.819. The van der Waals surface area contributed by atoms with Gasteiger partial charge >= 0.3 is 0 Å². The van der Waals surface area contributed by atoms with E-state index in [1.807, 2.05) is 42.5 Å². The first-order chi connectivity index (χ1) is 10.1. The summed E-state index contributed by atoms with van der Waals surface area (Å²) in [4.78, 5) is 12.2. The van der Waals surface area contributed by atoms with Crippen molar-refractivity contribution >= 4 is 16.6 Å². The Labute approximate surface area is 120 Å². The van der Waals surface area contributed by atoms with Gasteiger partial charge in [-0.2, -0.15) is 0 Å². The van der Waals surface area contributed by atoms with Crippen LogP contribution in [0.3, 0.4) is 0 Å². The summed E-state index contributed by atoms with van der Waals surface area (Å²) in [6.07, 6.45) is 0.0872. The number of rotatable bonds is 3. The quantitative estimate of drug-likeness (QED) is 0.644. The summed E-state index contributed by atoms with van der Waals surface area (Å²) in [5, 5.41) is 2.00. The predicted molar refractivity (Wildman–Crippen MR) is 78.3 cm³/mol. The molecule has 3 rings (SSSR count). The Hall–Kier alpha value is -2.55. The Balaban J connectivity index is 1.97. The van der Waals surface area contributed by atoms with Crippen LogP contribution in [-0.4, -0.2) is 5.78 Å². The van der Waals surface area contributed by atoms with Gasteiger partial charge in [-0.1, -0.05) is 42.5 Å². The minimum absolute atomic E-state index is 0.0793. The summed E-state index contributed by atoms with van der Waals surface area (Å²) in [6, 6.07) is 16.4. The number of halogens is 2. The maximum atomic E-state index is 13.7. The lowest BCUT2D eigenvalue weighted by molar-refractivity contribution is 0.0989. The minimum Gasteiger partial charge on any atom is -0.294 e. The highest BCUT2D eigenvalue weighted by molar-refractivity contribution is 6.00. The van der Waals surface area contributed by atoms with Gasteiger partial charge < -0.3 is 0 Å². The molecular weight excluding hydrogens is 270 g/mol. The van der Waals surface area contributed by atoms with Crippen molar-refractivity contribution in [3.05, 3.63) is 83.4 Å². The SMILES string of the molecule is O=C(Cc1cccc2ccccc12)c1ccc(F)cc1F. The van der Waals surface area contributed by atoms with Gasteiger partial charge in [0.1, 0.15) is 11.6 Å². The number of carbonyl (C=O) groups excluding carboxylic acids is 1. The molecule has 0 radical (unpaired) electrons. The lowest BCUT2D eigenvalue weighted by Crippen LogP contribution is -2.07. The average Bonchev–Trinajstić information content (AvgIpc) is 2.47. The summed E-state index contributed by atoms with van der Waals surface area (Å²) in [7, 11) is 0. The largest absolute Gasteiger partial charge is 0.294 e. The van der Waals surface area contributed by atoms with Crippen LogP contribution in [0.15, 0.2) is 60.7 Å². The molecule has 0 fully saturated rings. The Morgan fingerprint density at radius 2 is 1.67 bits per heavy atom. The van der Waals surface area contributed by atoms with E-state index in [-0.39, 0.29) is 17.8 Å². The Morgan fingerprint density at radius 1 is 0.905 bits per heavy atom. The first kappa shape index (κ1) is 13.4. The molecular formula is C18H12F2O. The van der Waals surface area contributed by atoms with Crippen molar-refractivity contribution in [2.75, 3.05) is 0 Å². The number of carbonyl (C=O) groups is 1. The van der Waals surface area contributed by atoms with E-state index in [0.29, 0.717) is 0 Å². The van der Waals surface area contributed by atoms with Gasteiger partial charge in [-0.25, -0.2) is 8.78 Å². The van der Waals surface area contributed by atoms with Crippen LogP contribution in [-0.2, 0) is 6.42 Å². The number of hydrogen-bond donors (Lipinski definition) is 0. The Kier molecular flexibility index (Phi) is 3.48. The van der Waals surface area contributed by atoms with Crippen molar-refractivity contribution in [3.63, 3.8) is 0 Å². The fourth-order valence-electron chi connectivity index (χ4n) is 2.43. The zero-order chi connectivity index (χ0) is 14.8. The van der Waals surface area contributed by atoms with Gasteiger partial charge in [0, 0.05) is 12.5 Å². The van der Waals surface area contributed by atoms with E-state index >= 15 is 0 Å². The van der Waals surface area contributed by atoms with E-state index in [9.17, 15) is 13.6 Å². The molecule has 0 saturated heterocycles. The van der Waals surface area contributed by atoms with Gasteiger partial charge in [-0.05, 0) is 28.5 Å². The molecule has 0 bridgehead atoms.